The number of aromatic nitrogens is 2. The van der Waals surface area contributed by atoms with Crippen LogP contribution in [0.4, 0.5) is 0 Å². The van der Waals surface area contributed by atoms with Gasteiger partial charge in [-0.1, -0.05) is 12.1 Å². The van der Waals surface area contributed by atoms with E-state index in [0.717, 1.165) is 23.9 Å². The van der Waals surface area contributed by atoms with Gasteiger partial charge < -0.3 is 4.98 Å². The van der Waals surface area contributed by atoms with Gasteiger partial charge in [0.15, 0.2) is 0 Å². The molecule has 23 heavy (non-hydrogen) atoms. The maximum Gasteiger partial charge on any atom is 0.331 e. The van der Waals surface area contributed by atoms with Crippen LogP contribution in [0, 0.1) is 0 Å². The highest BCUT2D eigenvalue weighted by Crippen LogP contribution is 2.23. The molecule has 1 aromatic heterocycles. The van der Waals surface area contributed by atoms with Gasteiger partial charge in [0, 0.05) is 6.04 Å². The average molecular weight is 329 g/mol. The normalized spacial score (nSPS) is 15.1. The second kappa shape index (κ2) is 5.07. The zero-order valence-electron chi connectivity index (χ0n) is 12.2. The highest BCUT2D eigenvalue weighted by atomic mass is 32.2. The van der Waals surface area contributed by atoms with E-state index in [1.54, 1.807) is 12.1 Å². The first-order valence-electron chi connectivity index (χ1n) is 7.37. The number of sulfonamides is 1. The van der Waals surface area contributed by atoms with Gasteiger partial charge in [0.2, 0.25) is 10.0 Å². The second-order valence-corrected chi connectivity index (χ2v) is 7.39. The van der Waals surface area contributed by atoms with Gasteiger partial charge in [0.05, 0.1) is 21.6 Å². The number of fused-ring (bicyclic) bond motifs is 1. The Morgan fingerprint density at radius 1 is 1.04 bits per heavy atom. The number of rotatable bonds is 4. The van der Waals surface area contributed by atoms with E-state index >= 15 is 0 Å². The minimum atomic E-state index is -3.48. The van der Waals surface area contributed by atoms with Gasteiger partial charge in [-0.25, -0.2) is 17.9 Å². The number of hydrogen-bond donors (Lipinski definition) is 2. The van der Waals surface area contributed by atoms with Gasteiger partial charge in [0.25, 0.3) is 0 Å². The molecular formula is C16H15N3O3S. The molecular weight excluding hydrogens is 314 g/mol. The second-order valence-electron chi connectivity index (χ2n) is 5.67. The molecule has 1 aliphatic rings. The third-order valence-corrected chi connectivity index (χ3v) is 5.43. The lowest BCUT2D eigenvalue weighted by molar-refractivity contribution is 0.581. The quantitative estimate of drug-likeness (QED) is 0.765. The summed E-state index contributed by atoms with van der Waals surface area (Å²) < 4.78 is 28.5. The van der Waals surface area contributed by atoms with Crippen molar-refractivity contribution >= 4 is 21.1 Å². The van der Waals surface area contributed by atoms with Crippen LogP contribution in [0.1, 0.15) is 12.8 Å². The molecule has 118 valence electrons. The number of benzene rings is 2. The van der Waals surface area contributed by atoms with E-state index in [1.807, 2.05) is 24.3 Å². The summed E-state index contributed by atoms with van der Waals surface area (Å²) in [6.07, 6.45) is 1.78. The Bertz CT molecular complexity index is 1030. The molecule has 0 spiro atoms. The maximum atomic E-state index is 12.2. The van der Waals surface area contributed by atoms with Gasteiger partial charge in [0.1, 0.15) is 0 Å². The summed E-state index contributed by atoms with van der Waals surface area (Å²) in [7, 11) is -3.48. The van der Waals surface area contributed by atoms with Crippen LogP contribution < -0.4 is 10.4 Å². The Balaban J connectivity index is 1.75. The molecule has 1 aliphatic carbocycles. The molecule has 1 fully saturated rings. The molecule has 3 aromatic rings. The zero-order valence-corrected chi connectivity index (χ0v) is 13.0. The topological polar surface area (TPSA) is 84.0 Å². The lowest BCUT2D eigenvalue weighted by atomic mass is 10.3. The molecule has 0 amide bonds. The lowest BCUT2D eigenvalue weighted by Gasteiger charge is -2.07. The van der Waals surface area contributed by atoms with Crippen LogP contribution in [0.3, 0.4) is 0 Å². The summed E-state index contributed by atoms with van der Waals surface area (Å²) in [6.45, 7) is 0. The van der Waals surface area contributed by atoms with E-state index in [4.69, 9.17) is 0 Å². The average Bonchev–Trinajstić information content (AvgIpc) is 3.26. The van der Waals surface area contributed by atoms with E-state index in [0.29, 0.717) is 5.69 Å². The number of nitrogens with zero attached hydrogens (tertiary/aromatic N) is 1. The van der Waals surface area contributed by atoms with Gasteiger partial charge in [-0.15, -0.1) is 0 Å². The van der Waals surface area contributed by atoms with Crippen molar-refractivity contribution in [1.82, 2.24) is 14.3 Å². The Kier molecular flexibility index (Phi) is 3.14. The molecule has 6 nitrogen and oxygen atoms in total. The number of hydrogen-bond acceptors (Lipinski definition) is 3. The van der Waals surface area contributed by atoms with E-state index in [-0.39, 0.29) is 16.6 Å². The Morgan fingerprint density at radius 2 is 1.74 bits per heavy atom. The van der Waals surface area contributed by atoms with Gasteiger partial charge in [-0.2, -0.15) is 0 Å². The monoisotopic (exact) mass is 329 g/mol. The predicted octanol–water partition coefficient (Wildman–Crippen LogP) is 1.76. The maximum absolute atomic E-state index is 12.2. The zero-order chi connectivity index (χ0) is 16.0. The van der Waals surface area contributed by atoms with Crippen molar-refractivity contribution in [2.45, 2.75) is 23.8 Å². The molecule has 1 heterocycles. The molecule has 1 saturated carbocycles. The van der Waals surface area contributed by atoms with Crippen LogP contribution in [0.15, 0.2) is 58.2 Å². The first kappa shape index (κ1) is 14.2. The predicted molar refractivity (Wildman–Crippen MR) is 87.2 cm³/mol. The molecule has 2 aromatic carbocycles. The van der Waals surface area contributed by atoms with Crippen LogP contribution in [0.25, 0.3) is 16.7 Å². The van der Waals surface area contributed by atoms with Crippen molar-refractivity contribution in [3.8, 4) is 5.69 Å². The highest BCUT2D eigenvalue weighted by Gasteiger charge is 2.27. The largest absolute Gasteiger partial charge is 0.331 e. The lowest BCUT2D eigenvalue weighted by Crippen LogP contribution is -2.25. The summed E-state index contributed by atoms with van der Waals surface area (Å²) >= 11 is 0. The van der Waals surface area contributed by atoms with Crippen LogP contribution >= 0.6 is 0 Å². The highest BCUT2D eigenvalue weighted by molar-refractivity contribution is 7.89. The Hall–Kier alpha value is -2.38. The fourth-order valence-corrected chi connectivity index (χ4v) is 3.88. The van der Waals surface area contributed by atoms with Crippen molar-refractivity contribution in [3.63, 3.8) is 0 Å². The molecule has 4 rings (SSSR count). The molecule has 0 atom stereocenters. The summed E-state index contributed by atoms with van der Waals surface area (Å²) in [4.78, 5) is 15.1. The number of H-pyrrole nitrogens is 1. The Labute approximate surface area is 132 Å². The third kappa shape index (κ3) is 2.58. The summed E-state index contributed by atoms with van der Waals surface area (Å²) in [5, 5.41) is 0. The van der Waals surface area contributed by atoms with Crippen LogP contribution in [0.2, 0.25) is 0 Å². The first-order valence-corrected chi connectivity index (χ1v) is 8.85. The minimum Gasteiger partial charge on any atom is -0.305 e. The van der Waals surface area contributed by atoms with E-state index in [2.05, 4.69) is 9.71 Å². The summed E-state index contributed by atoms with van der Waals surface area (Å²) in [5.74, 6) is 0. The molecule has 0 aliphatic heterocycles. The molecule has 0 unspecified atom stereocenters. The van der Waals surface area contributed by atoms with Gasteiger partial charge >= 0.3 is 5.69 Å². The molecule has 0 radical (unpaired) electrons. The summed E-state index contributed by atoms with van der Waals surface area (Å²) in [6, 6.07) is 13.8. The van der Waals surface area contributed by atoms with Crippen LogP contribution in [0.5, 0.6) is 0 Å². The van der Waals surface area contributed by atoms with E-state index in [1.165, 1.54) is 16.7 Å². The van der Waals surface area contributed by atoms with Crippen molar-refractivity contribution in [2.24, 2.45) is 0 Å². The molecule has 2 N–H and O–H groups in total. The van der Waals surface area contributed by atoms with Gasteiger partial charge in [-0.05, 0) is 49.2 Å². The Morgan fingerprint density at radius 3 is 2.43 bits per heavy atom. The number of aromatic amines is 1. The number of nitrogens with one attached hydrogen (secondary N) is 2. The smallest absolute Gasteiger partial charge is 0.305 e. The first-order chi connectivity index (χ1) is 11.0. The van der Waals surface area contributed by atoms with Crippen molar-refractivity contribution in [3.05, 3.63) is 59.0 Å². The molecule has 0 saturated heterocycles. The minimum absolute atomic E-state index is 0.0657. The number of imidazole rings is 1. The van der Waals surface area contributed by atoms with E-state index < -0.39 is 10.0 Å². The third-order valence-electron chi connectivity index (χ3n) is 3.89. The van der Waals surface area contributed by atoms with Crippen LogP contribution in [-0.2, 0) is 10.0 Å². The molecule has 7 heteroatoms. The fraction of sp³-hybridized carbons (Fsp3) is 0.188. The van der Waals surface area contributed by atoms with Crippen LogP contribution in [-0.4, -0.2) is 24.0 Å². The van der Waals surface area contributed by atoms with Crippen molar-refractivity contribution in [1.29, 1.82) is 0 Å². The van der Waals surface area contributed by atoms with Crippen molar-refractivity contribution in [2.75, 3.05) is 0 Å². The van der Waals surface area contributed by atoms with Crippen molar-refractivity contribution < 1.29 is 8.42 Å². The fourth-order valence-electron chi connectivity index (χ4n) is 2.57. The standard InChI is InChI=1S/C16H15N3O3S/c20-16-17-14-3-1-2-4-15(14)19(16)12-7-9-13(10-8-12)23(21,22)18-11-5-6-11/h1-4,7-11,18H,5-6H2,(H,17,20). The SMILES string of the molecule is O=c1[nH]c2ccccc2n1-c1ccc(S(=O)(=O)NC2CC2)cc1. The molecule has 0 bridgehead atoms. The van der Waals surface area contributed by atoms with E-state index in [9.17, 15) is 13.2 Å². The summed E-state index contributed by atoms with van der Waals surface area (Å²) in [5.41, 5.74) is 1.87. The van der Waals surface area contributed by atoms with Gasteiger partial charge in [-0.3, -0.25) is 4.57 Å². The number of para-hydroxylation sites is 2.